The predicted octanol–water partition coefficient (Wildman–Crippen LogP) is 3.99. The van der Waals surface area contributed by atoms with Crippen LogP contribution in [0, 0.1) is 0 Å². The number of fused-ring (bicyclic) bond motifs is 1. The van der Waals surface area contributed by atoms with Crippen molar-refractivity contribution in [2.45, 2.75) is 13.5 Å². The minimum absolute atomic E-state index is 0.456. The Balaban J connectivity index is 2.23. The van der Waals surface area contributed by atoms with Crippen LogP contribution in [0.1, 0.15) is 12.5 Å². The molecule has 0 saturated carbocycles. The summed E-state index contributed by atoms with van der Waals surface area (Å²) < 4.78 is 10.7. The van der Waals surface area contributed by atoms with Gasteiger partial charge in [0.25, 0.3) is 0 Å². The number of methoxy groups -OCH3 is 1. The van der Waals surface area contributed by atoms with Gasteiger partial charge in [0, 0.05) is 17.0 Å². The zero-order chi connectivity index (χ0) is 13.7. The fourth-order valence-electron chi connectivity index (χ4n) is 1.73. The maximum absolute atomic E-state index is 6.16. The maximum Gasteiger partial charge on any atom is 0.135 e. The van der Waals surface area contributed by atoms with Crippen LogP contribution in [0.15, 0.2) is 36.4 Å². The van der Waals surface area contributed by atoms with Crippen LogP contribution in [0.3, 0.4) is 0 Å². The number of ether oxygens (including phenoxy) is 2. The molecule has 4 heteroatoms. The molecule has 1 aromatic carbocycles. The third-order valence-electron chi connectivity index (χ3n) is 2.76. The van der Waals surface area contributed by atoms with Gasteiger partial charge in [-0.3, -0.25) is 0 Å². The summed E-state index contributed by atoms with van der Waals surface area (Å²) in [6.45, 7) is 2.99. The summed E-state index contributed by atoms with van der Waals surface area (Å²) >= 11 is 6.16. The largest absolute Gasteiger partial charge is 0.497 e. The van der Waals surface area contributed by atoms with Gasteiger partial charge >= 0.3 is 0 Å². The fourth-order valence-corrected chi connectivity index (χ4v) is 1.93. The van der Waals surface area contributed by atoms with E-state index in [1.165, 1.54) is 0 Å². The normalized spacial score (nSPS) is 11.3. The van der Waals surface area contributed by atoms with E-state index in [9.17, 15) is 0 Å². The molecule has 0 bridgehead atoms. The molecule has 0 unspecified atom stereocenters. The Bertz CT molecular complexity index is 596. The van der Waals surface area contributed by atoms with Gasteiger partial charge in [-0.1, -0.05) is 23.8 Å². The van der Waals surface area contributed by atoms with E-state index in [4.69, 9.17) is 21.1 Å². The van der Waals surface area contributed by atoms with Gasteiger partial charge < -0.3 is 9.47 Å². The van der Waals surface area contributed by atoms with Crippen LogP contribution >= 0.6 is 11.6 Å². The van der Waals surface area contributed by atoms with Crippen LogP contribution in [-0.2, 0) is 11.3 Å². The summed E-state index contributed by atoms with van der Waals surface area (Å²) in [5.74, 6) is 0.771. The Morgan fingerprint density at radius 2 is 2.16 bits per heavy atom. The topological polar surface area (TPSA) is 31.4 Å². The summed E-state index contributed by atoms with van der Waals surface area (Å²) in [5.41, 5.74) is 1.71. The van der Waals surface area contributed by atoms with E-state index in [-0.39, 0.29) is 0 Å². The van der Waals surface area contributed by atoms with Crippen molar-refractivity contribution in [1.82, 2.24) is 4.98 Å². The average molecular weight is 278 g/mol. The van der Waals surface area contributed by atoms with E-state index in [0.717, 1.165) is 22.2 Å². The number of nitrogens with zero attached hydrogens (tertiary/aromatic N) is 1. The number of hydrogen-bond donors (Lipinski definition) is 0. The second-order valence-corrected chi connectivity index (χ2v) is 4.44. The molecule has 1 heterocycles. The number of benzene rings is 1. The van der Waals surface area contributed by atoms with Crippen LogP contribution in [0.2, 0.25) is 5.15 Å². The Hall–Kier alpha value is -1.58. The molecule has 0 radical (unpaired) electrons. The minimum Gasteiger partial charge on any atom is -0.497 e. The number of allylic oxidation sites excluding steroid dienone is 1. The molecule has 1 aromatic heterocycles. The van der Waals surface area contributed by atoms with Gasteiger partial charge in [0.1, 0.15) is 10.9 Å². The maximum atomic E-state index is 6.16. The molecule has 2 aromatic rings. The SMILES string of the molecule is C/C=C/COCc1cc2ccc(OC)cc2nc1Cl. The highest BCUT2D eigenvalue weighted by Gasteiger charge is 2.06. The molecule has 19 heavy (non-hydrogen) atoms. The monoisotopic (exact) mass is 277 g/mol. The smallest absolute Gasteiger partial charge is 0.135 e. The summed E-state index contributed by atoms with van der Waals surface area (Å²) in [7, 11) is 1.63. The van der Waals surface area contributed by atoms with E-state index in [2.05, 4.69) is 4.98 Å². The first kappa shape index (κ1) is 13.8. The molecule has 0 atom stereocenters. The predicted molar refractivity (Wildman–Crippen MR) is 77.8 cm³/mol. The van der Waals surface area contributed by atoms with Crippen molar-refractivity contribution in [1.29, 1.82) is 0 Å². The summed E-state index contributed by atoms with van der Waals surface area (Å²) in [6.07, 6.45) is 3.90. The lowest BCUT2D eigenvalue weighted by Gasteiger charge is -2.07. The van der Waals surface area contributed by atoms with E-state index in [0.29, 0.717) is 18.4 Å². The molecule has 0 aliphatic heterocycles. The lowest BCUT2D eigenvalue weighted by molar-refractivity contribution is 0.148. The zero-order valence-corrected chi connectivity index (χ0v) is 11.8. The molecular weight excluding hydrogens is 262 g/mol. The van der Waals surface area contributed by atoms with Crippen molar-refractivity contribution in [3.8, 4) is 5.75 Å². The van der Waals surface area contributed by atoms with Crippen LogP contribution in [0.4, 0.5) is 0 Å². The van der Waals surface area contributed by atoms with Gasteiger partial charge in [-0.25, -0.2) is 4.98 Å². The van der Waals surface area contributed by atoms with Crippen molar-refractivity contribution >= 4 is 22.5 Å². The van der Waals surface area contributed by atoms with E-state index >= 15 is 0 Å². The first-order valence-corrected chi connectivity index (χ1v) is 6.44. The van der Waals surface area contributed by atoms with Crippen LogP contribution in [0.5, 0.6) is 5.75 Å². The molecule has 0 aliphatic carbocycles. The molecule has 0 spiro atoms. The number of hydrogen-bond acceptors (Lipinski definition) is 3. The molecule has 3 nitrogen and oxygen atoms in total. The van der Waals surface area contributed by atoms with Crippen molar-refractivity contribution in [3.63, 3.8) is 0 Å². The number of rotatable bonds is 5. The summed E-state index contributed by atoms with van der Waals surface area (Å²) in [4.78, 5) is 4.37. The van der Waals surface area contributed by atoms with Crippen LogP contribution < -0.4 is 4.74 Å². The highest BCUT2D eigenvalue weighted by Crippen LogP contribution is 2.24. The van der Waals surface area contributed by atoms with Gasteiger partial charge in [0.05, 0.1) is 25.8 Å². The van der Waals surface area contributed by atoms with E-state index in [1.54, 1.807) is 7.11 Å². The number of halogens is 1. The molecule has 0 amide bonds. The van der Waals surface area contributed by atoms with E-state index in [1.807, 2.05) is 43.3 Å². The van der Waals surface area contributed by atoms with Crippen molar-refractivity contribution < 1.29 is 9.47 Å². The second kappa shape index (κ2) is 6.55. The standard InChI is InChI=1S/C15H16ClNO2/c1-3-4-7-19-10-12-8-11-5-6-13(18-2)9-14(11)17-15(12)16/h3-6,8-9H,7,10H2,1-2H3/b4-3+. The number of aromatic nitrogens is 1. The Labute approximate surface area is 117 Å². The van der Waals surface area contributed by atoms with Crippen LogP contribution in [-0.4, -0.2) is 18.7 Å². The number of pyridine rings is 1. The van der Waals surface area contributed by atoms with E-state index < -0.39 is 0 Å². The van der Waals surface area contributed by atoms with Crippen molar-refractivity contribution in [3.05, 3.63) is 47.1 Å². The molecule has 100 valence electrons. The quantitative estimate of drug-likeness (QED) is 0.470. The molecule has 0 saturated heterocycles. The van der Waals surface area contributed by atoms with Crippen LogP contribution in [0.25, 0.3) is 10.9 Å². The second-order valence-electron chi connectivity index (χ2n) is 4.08. The molecule has 0 fully saturated rings. The van der Waals surface area contributed by atoms with Crippen molar-refractivity contribution in [2.24, 2.45) is 0 Å². The molecular formula is C15H16ClNO2. The lowest BCUT2D eigenvalue weighted by Crippen LogP contribution is -1.96. The van der Waals surface area contributed by atoms with Gasteiger partial charge in [-0.15, -0.1) is 0 Å². The summed E-state index contributed by atoms with van der Waals surface area (Å²) in [5, 5.41) is 1.50. The minimum atomic E-state index is 0.456. The van der Waals surface area contributed by atoms with Crippen molar-refractivity contribution in [2.75, 3.05) is 13.7 Å². The fraction of sp³-hybridized carbons (Fsp3) is 0.267. The van der Waals surface area contributed by atoms with Gasteiger partial charge in [0.2, 0.25) is 0 Å². The highest BCUT2D eigenvalue weighted by molar-refractivity contribution is 6.30. The molecule has 0 N–H and O–H groups in total. The summed E-state index contributed by atoms with van der Waals surface area (Å²) in [6, 6.07) is 7.74. The average Bonchev–Trinajstić information content (AvgIpc) is 2.43. The first-order chi connectivity index (χ1) is 9.24. The van der Waals surface area contributed by atoms with Gasteiger partial charge in [-0.05, 0) is 25.1 Å². The highest BCUT2D eigenvalue weighted by atomic mass is 35.5. The first-order valence-electron chi connectivity index (χ1n) is 6.06. The Morgan fingerprint density at radius 3 is 2.89 bits per heavy atom. The molecule has 2 rings (SSSR count). The van der Waals surface area contributed by atoms with Gasteiger partial charge in [-0.2, -0.15) is 0 Å². The third-order valence-corrected chi connectivity index (χ3v) is 3.09. The Kier molecular flexibility index (Phi) is 4.77. The zero-order valence-electron chi connectivity index (χ0n) is 11.0. The Morgan fingerprint density at radius 1 is 1.32 bits per heavy atom. The van der Waals surface area contributed by atoms with Gasteiger partial charge in [0.15, 0.2) is 0 Å². The third kappa shape index (κ3) is 3.46. The molecule has 0 aliphatic rings. The lowest BCUT2D eigenvalue weighted by atomic mass is 10.1.